The molecule has 6 nitrogen and oxygen atoms in total. The number of carbonyl (C=O) groups is 2. The van der Waals surface area contributed by atoms with Crippen molar-refractivity contribution in [2.45, 2.75) is 58.5 Å². The molecule has 4 atom stereocenters. The first-order valence-electron chi connectivity index (χ1n) is 8.67. The van der Waals surface area contributed by atoms with Crippen molar-refractivity contribution in [2.75, 3.05) is 0 Å². The summed E-state index contributed by atoms with van der Waals surface area (Å²) >= 11 is 0. The Morgan fingerprint density at radius 3 is 2.72 bits per heavy atom. The molecule has 0 amide bonds. The zero-order valence-corrected chi connectivity index (χ0v) is 14.6. The quantitative estimate of drug-likeness (QED) is 0.357. The highest BCUT2D eigenvalue weighted by Crippen LogP contribution is 2.54. The molecule has 0 spiro atoms. The lowest BCUT2D eigenvalue weighted by Gasteiger charge is -2.34. The minimum absolute atomic E-state index is 0.0919. The van der Waals surface area contributed by atoms with Gasteiger partial charge in [-0.15, -0.1) is 0 Å². The van der Waals surface area contributed by atoms with Crippen LogP contribution in [0, 0.1) is 11.3 Å². The molecule has 0 aromatic heterocycles. The molecule has 4 rings (SSSR count). The van der Waals surface area contributed by atoms with Gasteiger partial charge >= 0.3 is 11.9 Å². The van der Waals surface area contributed by atoms with Crippen LogP contribution in [0.5, 0.6) is 0 Å². The topological polar surface area (TPSA) is 82.1 Å². The van der Waals surface area contributed by atoms with Gasteiger partial charge in [0.2, 0.25) is 0 Å². The van der Waals surface area contributed by atoms with E-state index in [-0.39, 0.29) is 5.41 Å². The fourth-order valence-electron chi connectivity index (χ4n) is 4.49. The number of carbonyl (C=O) groups excluding carboxylic acids is 2. The van der Waals surface area contributed by atoms with Crippen LogP contribution in [-0.4, -0.2) is 35.5 Å². The molecule has 1 N–H and O–H groups in total. The standard InChI is InChI=1S/C19H22O6/c1-9-7-12(24-17(9)21)23-8-11-13-15(20)10-5-4-6-19(2,3)14(10)16(13)25-18(11)22/h7-8,12-13,15-16,20H,4-6H2,1-3H3/b11-8+/t12-,13+,15+,16-/m0/s1. The average molecular weight is 346 g/mol. The second-order valence-corrected chi connectivity index (χ2v) is 7.81. The first-order valence-corrected chi connectivity index (χ1v) is 8.67. The molecule has 4 aliphatic rings. The van der Waals surface area contributed by atoms with Crippen molar-refractivity contribution >= 4 is 11.9 Å². The number of esters is 2. The van der Waals surface area contributed by atoms with E-state index in [4.69, 9.17) is 14.2 Å². The number of hydrogen-bond donors (Lipinski definition) is 1. The summed E-state index contributed by atoms with van der Waals surface area (Å²) in [6.45, 7) is 5.90. The molecule has 0 radical (unpaired) electrons. The maximum absolute atomic E-state index is 12.3. The molecule has 0 aromatic rings. The minimum atomic E-state index is -0.843. The first kappa shape index (κ1) is 16.4. The second kappa shape index (κ2) is 5.46. The Morgan fingerprint density at radius 2 is 2.04 bits per heavy atom. The smallest absolute Gasteiger partial charge is 0.338 e. The lowest BCUT2D eigenvalue weighted by molar-refractivity contribution is -0.152. The molecular formula is C19H22O6. The molecule has 2 heterocycles. The van der Waals surface area contributed by atoms with Crippen LogP contribution in [0.4, 0.5) is 0 Å². The zero-order chi connectivity index (χ0) is 17.9. The van der Waals surface area contributed by atoms with E-state index in [1.807, 2.05) is 0 Å². The van der Waals surface area contributed by atoms with E-state index in [2.05, 4.69) is 13.8 Å². The maximum Gasteiger partial charge on any atom is 0.338 e. The Morgan fingerprint density at radius 1 is 1.28 bits per heavy atom. The van der Waals surface area contributed by atoms with Crippen LogP contribution < -0.4 is 0 Å². The molecule has 2 aliphatic heterocycles. The van der Waals surface area contributed by atoms with E-state index < -0.39 is 36.4 Å². The predicted octanol–water partition coefficient (Wildman–Crippen LogP) is 2.14. The monoisotopic (exact) mass is 346 g/mol. The van der Waals surface area contributed by atoms with Gasteiger partial charge in [-0.3, -0.25) is 0 Å². The number of fused-ring (bicyclic) bond motifs is 2. The number of aliphatic hydroxyl groups excluding tert-OH is 1. The Bertz CT molecular complexity index is 741. The van der Waals surface area contributed by atoms with Crippen LogP contribution in [0.25, 0.3) is 0 Å². The van der Waals surface area contributed by atoms with Gasteiger partial charge in [-0.1, -0.05) is 13.8 Å². The van der Waals surface area contributed by atoms with Gasteiger partial charge in [0.25, 0.3) is 6.29 Å². The molecule has 0 bridgehead atoms. The van der Waals surface area contributed by atoms with E-state index in [0.717, 1.165) is 30.4 Å². The van der Waals surface area contributed by atoms with Gasteiger partial charge in [0.1, 0.15) is 6.10 Å². The molecule has 1 fully saturated rings. The number of cyclic esters (lactones) is 1. The van der Waals surface area contributed by atoms with E-state index in [9.17, 15) is 14.7 Å². The van der Waals surface area contributed by atoms with Crippen LogP contribution in [0.3, 0.4) is 0 Å². The fourth-order valence-corrected chi connectivity index (χ4v) is 4.49. The molecule has 0 saturated carbocycles. The van der Waals surface area contributed by atoms with Crippen molar-refractivity contribution < 1.29 is 28.9 Å². The zero-order valence-electron chi connectivity index (χ0n) is 14.6. The van der Waals surface area contributed by atoms with Crippen molar-refractivity contribution in [3.05, 3.63) is 34.6 Å². The van der Waals surface area contributed by atoms with E-state index in [1.54, 1.807) is 13.0 Å². The summed E-state index contributed by atoms with van der Waals surface area (Å²) < 4.78 is 16.1. The molecular weight excluding hydrogens is 324 g/mol. The van der Waals surface area contributed by atoms with E-state index in [1.165, 1.54) is 6.26 Å². The van der Waals surface area contributed by atoms with E-state index in [0.29, 0.717) is 11.1 Å². The molecule has 1 saturated heterocycles. The summed E-state index contributed by atoms with van der Waals surface area (Å²) in [6, 6.07) is 0. The minimum Gasteiger partial charge on any atom is -0.458 e. The SMILES string of the molecule is CC1=C[C@@H](O/C=C2/C(=O)O[C@@H]3C4=C(CCCC4(C)C)[C@@H](O)[C@@H]23)OC1=O. The molecule has 6 heteroatoms. The van der Waals surface area contributed by atoms with Gasteiger partial charge in [-0.2, -0.15) is 0 Å². The Kier molecular flexibility index (Phi) is 3.58. The fraction of sp³-hybridized carbons (Fsp3) is 0.579. The van der Waals surface area contributed by atoms with Crippen molar-refractivity contribution in [2.24, 2.45) is 11.3 Å². The number of hydrogen-bond acceptors (Lipinski definition) is 6. The maximum atomic E-state index is 12.3. The summed E-state index contributed by atoms with van der Waals surface area (Å²) in [7, 11) is 0. The van der Waals surface area contributed by atoms with E-state index >= 15 is 0 Å². The van der Waals surface area contributed by atoms with Crippen molar-refractivity contribution in [3.63, 3.8) is 0 Å². The Balaban J connectivity index is 1.60. The summed E-state index contributed by atoms with van der Waals surface area (Å²) in [5.41, 5.74) is 2.75. The first-order chi connectivity index (χ1) is 11.8. The van der Waals surface area contributed by atoms with Crippen LogP contribution in [0.1, 0.15) is 40.0 Å². The molecule has 2 aliphatic carbocycles. The summed E-state index contributed by atoms with van der Waals surface area (Å²) in [5, 5.41) is 10.8. The third kappa shape index (κ3) is 2.42. The highest BCUT2D eigenvalue weighted by molar-refractivity contribution is 5.93. The Hall–Kier alpha value is -2.08. The lowest BCUT2D eigenvalue weighted by atomic mass is 9.72. The lowest BCUT2D eigenvalue weighted by Crippen LogP contribution is -2.27. The van der Waals surface area contributed by atoms with Crippen LogP contribution in [-0.2, 0) is 23.8 Å². The van der Waals surface area contributed by atoms with Crippen LogP contribution in [0.15, 0.2) is 34.6 Å². The second-order valence-electron chi connectivity index (χ2n) is 7.81. The highest BCUT2D eigenvalue weighted by Gasteiger charge is 2.56. The number of rotatable bonds is 2. The van der Waals surface area contributed by atoms with Gasteiger partial charge in [-0.05, 0) is 42.7 Å². The third-order valence-corrected chi connectivity index (χ3v) is 5.72. The number of aliphatic hydroxyl groups is 1. The predicted molar refractivity (Wildman–Crippen MR) is 86.8 cm³/mol. The van der Waals surface area contributed by atoms with Crippen molar-refractivity contribution in [1.82, 2.24) is 0 Å². The molecule has 134 valence electrons. The summed E-state index contributed by atoms with van der Waals surface area (Å²) in [4.78, 5) is 23.7. The Labute approximate surface area is 146 Å². The van der Waals surface area contributed by atoms with Crippen LogP contribution >= 0.6 is 0 Å². The van der Waals surface area contributed by atoms with Gasteiger partial charge < -0.3 is 19.3 Å². The summed E-state index contributed by atoms with van der Waals surface area (Å²) in [6.07, 6.45) is 3.70. The van der Waals surface area contributed by atoms with Crippen molar-refractivity contribution in [3.8, 4) is 0 Å². The van der Waals surface area contributed by atoms with Crippen LogP contribution in [0.2, 0.25) is 0 Å². The third-order valence-electron chi connectivity index (χ3n) is 5.72. The largest absolute Gasteiger partial charge is 0.458 e. The van der Waals surface area contributed by atoms with Gasteiger partial charge in [0.05, 0.1) is 23.9 Å². The number of ether oxygens (including phenoxy) is 3. The summed E-state index contributed by atoms with van der Waals surface area (Å²) in [5.74, 6) is -1.36. The molecule has 0 unspecified atom stereocenters. The average Bonchev–Trinajstić information content (AvgIpc) is 3.11. The van der Waals surface area contributed by atoms with Gasteiger partial charge in [0.15, 0.2) is 0 Å². The van der Waals surface area contributed by atoms with Gasteiger partial charge in [0, 0.05) is 11.6 Å². The van der Waals surface area contributed by atoms with Gasteiger partial charge in [-0.25, -0.2) is 9.59 Å². The molecule has 25 heavy (non-hydrogen) atoms. The normalized spacial score (nSPS) is 37.6. The highest BCUT2D eigenvalue weighted by atomic mass is 16.7. The molecule has 0 aromatic carbocycles. The van der Waals surface area contributed by atoms with Crippen molar-refractivity contribution in [1.29, 1.82) is 0 Å².